The molecule has 1 aromatic carbocycles. The summed E-state index contributed by atoms with van der Waals surface area (Å²) in [5.41, 5.74) is 5.32. The van der Waals surface area contributed by atoms with Crippen LogP contribution in [0, 0.1) is 0 Å². The molecule has 3 rings (SSSR count). The number of carbonyl (C=O) groups excluding carboxylic acids is 2. The highest BCUT2D eigenvalue weighted by Gasteiger charge is 2.25. The maximum atomic E-state index is 12.5. The third-order valence-corrected chi connectivity index (χ3v) is 4.49. The number of H-pyrrole nitrogens is 1. The third kappa shape index (κ3) is 4.27. The molecule has 0 saturated heterocycles. The van der Waals surface area contributed by atoms with Crippen molar-refractivity contribution in [2.75, 3.05) is 10.6 Å². The number of aromatic amines is 1. The van der Waals surface area contributed by atoms with Gasteiger partial charge in [-0.15, -0.1) is 0 Å². The predicted octanol–water partition coefficient (Wildman–Crippen LogP) is 4.98. The van der Waals surface area contributed by atoms with E-state index in [2.05, 4.69) is 35.5 Å². The number of benzene rings is 1. The second-order valence-electron chi connectivity index (χ2n) is 7.84. The largest absolute Gasteiger partial charge is 0.444 e. The minimum absolute atomic E-state index is 0.154. The number of rotatable bonds is 4. The Morgan fingerprint density at radius 1 is 1.18 bits per heavy atom. The van der Waals surface area contributed by atoms with Crippen LogP contribution in [0.25, 0.3) is 11.6 Å². The van der Waals surface area contributed by atoms with Gasteiger partial charge >= 0.3 is 6.09 Å². The minimum atomic E-state index is -0.579. The van der Waals surface area contributed by atoms with Gasteiger partial charge in [0.25, 0.3) is 5.91 Å². The number of hydrogen-bond donors (Lipinski definition) is 3. The maximum Gasteiger partial charge on any atom is 0.412 e. The first-order chi connectivity index (χ1) is 13.2. The van der Waals surface area contributed by atoms with Gasteiger partial charge in [-0.1, -0.05) is 13.8 Å². The molecule has 0 radical (unpaired) electrons. The Morgan fingerprint density at radius 2 is 1.93 bits per heavy atom. The van der Waals surface area contributed by atoms with E-state index in [0.29, 0.717) is 11.3 Å². The molecular formula is C22H27N3O3. The molecule has 0 bridgehead atoms. The Balaban J connectivity index is 1.92. The molecule has 1 aliphatic heterocycles. The van der Waals surface area contributed by atoms with Crippen LogP contribution >= 0.6 is 0 Å². The molecule has 0 aliphatic carbocycles. The zero-order chi connectivity index (χ0) is 20.5. The molecule has 0 unspecified atom stereocenters. The van der Waals surface area contributed by atoms with Crippen LogP contribution in [0.15, 0.2) is 24.3 Å². The monoisotopic (exact) mass is 381 g/mol. The summed E-state index contributed by atoms with van der Waals surface area (Å²) in [6, 6.07) is 7.46. The van der Waals surface area contributed by atoms with E-state index in [1.165, 1.54) is 5.56 Å². The first kappa shape index (κ1) is 19.7. The molecule has 2 aromatic rings. The second kappa shape index (κ2) is 7.54. The number of carbonyl (C=O) groups is 2. The van der Waals surface area contributed by atoms with Crippen LogP contribution < -0.4 is 10.6 Å². The number of hydrogen-bond acceptors (Lipinski definition) is 3. The average molecular weight is 381 g/mol. The van der Waals surface area contributed by atoms with E-state index >= 15 is 0 Å². The summed E-state index contributed by atoms with van der Waals surface area (Å²) < 4.78 is 5.30. The molecule has 0 atom stereocenters. The Bertz CT molecular complexity index is 948. The molecule has 28 heavy (non-hydrogen) atoms. The van der Waals surface area contributed by atoms with Crippen molar-refractivity contribution in [1.29, 1.82) is 0 Å². The van der Waals surface area contributed by atoms with Gasteiger partial charge in [0.15, 0.2) is 0 Å². The summed E-state index contributed by atoms with van der Waals surface area (Å²) in [6.07, 6.45) is 3.14. The molecule has 0 saturated carbocycles. The zero-order valence-corrected chi connectivity index (χ0v) is 17.0. The minimum Gasteiger partial charge on any atom is -0.444 e. The summed E-state index contributed by atoms with van der Waals surface area (Å²) in [5, 5.41) is 5.61. The molecule has 0 spiro atoms. The van der Waals surface area contributed by atoms with Crippen molar-refractivity contribution in [2.24, 2.45) is 0 Å². The summed E-state index contributed by atoms with van der Waals surface area (Å²) >= 11 is 0. The molecule has 3 N–H and O–H groups in total. The van der Waals surface area contributed by atoms with Gasteiger partial charge in [-0.05, 0) is 69.5 Å². The zero-order valence-electron chi connectivity index (χ0n) is 17.0. The van der Waals surface area contributed by atoms with E-state index < -0.39 is 11.7 Å². The second-order valence-corrected chi connectivity index (χ2v) is 7.84. The lowest BCUT2D eigenvalue weighted by atomic mass is 10.0. The van der Waals surface area contributed by atoms with Crippen molar-refractivity contribution in [3.8, 4) is 0 Å². The molecule has 0 fully saturated rings. The van der Waals surface area contributed by atoms with E-state index in [1.54, 1.807) is 18.2 Å². The molecule has 2 amide bonds. The van der Waals surface area contributed by atoms with Gasteiger partial charge in [-0.3, -0.25) is 10.1 Å². The van der Waals surface area contributed by atoms with Crippen molar-refractivity contribution in [3.05, 3.63) is 46.8 Å². The van der Waals surface area contributed by atoms with Crippen molar-refractivity contribution < 1.29 is 14.3 Å². The van der Waals surface area contributed by atoms with Gasteiger partial charge in [0.1, 0.15) is 5.60 Å². The Morgan fingerprint density at radius 3 is 2.57 bits per heavy atom. The van der Waals surface area contributed by atoms with Crippen molar-refractivity contribution in [3.63, 3.8) is 0 Å². The van der Waals surface area contributed by atoms with Crippen molar-refractivity contribution >= 4 is 35.0 Å². The molecule has 1 aliphatic rings. The van der Waals surface area contributed by atoms with Crippen LogP contribution in [0.4, 0.5) is 16.2 Å². The number of ether oxygens (including phenoxy) is 1. The third-order valence-electron chi connectivity index (χ3n) is 4.49. The average Bonchev–Trinajstić information content (AvgIpc) is 3.14. The molecular weight excluding hydrogens is 354 g/mol. The van der Waals surface area contributed by atoms with Crippen LogP contribution in [-0.4, -0.2) is 22.6 Å². The Labute approximate surface area is 165 Å². The standard InChI is InChI=1S/C22H27N3O3/c1-6-13-10-14(7-2)23-19(13)12-17-16-11-15(8-9-18(16)25-20(17)26)24-21(27)28-22(3,4)5/h8-12,23H,6-7H2,1-5H3,(H,24,27)(H,25,26)/b17-12-. The summed E-state index contributed by atoms with van der Waals surface area (Å²) in [7, 11) is 0. The highest BCUT2D eigenvalue weighted by Crippen LogP contribution is 2.35. The first-order valence-corrected chi connectivity index (χ1v) is 9.58. The quantitative estimate of drug-likeness (QED) is 0.653. The SMILES string of the molecule is CCc1cc(CC)c(/C=C2\C(=O)Nc3ccc(NC(=O)OC(C)(C)C)cc32)[nH]1. The van der Waals surface area contributed by atoms with Crippen LogP contribution in [-0.2, 0) is 22.4 Å². The van der Waals surface area contributed by atoms with E-state index in [1.807, 2.05) is 26.8 Å². The Kier molecular flexibility index (Phi) is 5.31. The van der Waals surface area contributed by atoms with Gasteiger partial charge in [-0.2, -0.15) is 0 Å². The highest BCUT2D eigenvalue weighted by atomic mass is 16.6. The fraction of sp³-hybridized carbons (Fsp3) is 0.364. The van der Waals surface area contributed by atoms with Crippen molar-refractivity contribution in [2.45, 2.75) is 53.1 Å². The number of aromatic nitrogens is 1. The number of aryl methyl sites for hydroxylation is 2. The first-order valence-electron chi connectivity index (χ1n) is 9.58. The summed E-state index contributed by atoms with van der Waals surface area (Å²) in [4.78, 5) is 28.0. The molecule has 6 heteroatoms. The van der Waals surface area contributed by atoms with Gasteiger partial charge in [0, 0.05) is 28.3 Å². The van der Waals surface area contributed by atoms with E-state index in [4.69, 9.17) is 4.74 Å². The Hall–Kier alpha value is -3.02. The maximum absolute atomic E-state index is 12.5. The summed E-state index contributed by atoms with van der Waals surface area (Å²) in [5.74, 6) is -0.154. The summed E-state index contributed by atoms with van der Waals surface area (Å²) in [6.45, 7) is 9.62. The van der Waals surface area contributed by atoms with E-state index in [0.717, 1.165) is 35.5 Å². The van der Waals surface area contributed by atoms with Crippen LogP contribution in [0.1, 0.15) is 57.1 Å². The number of nitrogens with one attached hydrogen (secondary N) is 3. The predicted molar refractivity (Wildman–Crippen MR) is 112 cm³/mol. The highest BCUT2D eigenvalue weighted by molar-refractivity contribution is 6.35. The fourth-order valence-electron chi connectivity index (χ4n) is 3.16. The lowest BCUT2D eigenvalue weighted by molar-refractivity contribution is -0.110. The van der Waals surface area contributed by atoms with Crippen LogP contribution in [0.2, 0.25) is 0 Å². The van der Waals surface area contributed by atoms with Gasteiger partial charge in [0.2, 0.25) is 0 Å². The number of anilines is 2. The molecule has 148 valence electrons. The molecule has 2 heterocycles. The van der Waals surface area contributed by atoms with Crippen LogP contribution in [0.5, 0.6) is 0 Å². The fourth-order valence-corrected chi connectivity index (χ4v) is 3.16. The van der Waals surface area contributed by atoms with Crippen LogP contribution in [0.3, 0.4) is 0 Å². The van der Waals surface area contributed by atoms with Gasteiger partial charge in [0.05, 0.1) is 5.57 Å². The lowest BCUT2D eigenvalue weighted by Crippen LogP contribution is -2.27. The van der Waals surface area contributed by atoms with E-state index in [-0.39, 0.29) is 5.91 Å². The van der Waals surface area contributed by atoms with E-state index in [9.17, 15) is 9.59 Å². The van der Waals surface area contributed by atoms with Gasteiger partial charge < -0.3 is 15.0 Å². The molecule has 6 nitrogen and oxygen atoms in total. The van der Waals surface area contributed by atoms with Gasteiger partial charge in [-0.25, -0.2) is 4.79 Å². The molecule has 1 aromatic heterocycles. The smallest absolute Gasteiger partial charge is 0.412 e. The number of amides is 2. The van der Waals surface area contributed by atoms with Crippen molar-refractivity contribution in [1.82, 2.24) is 4.98 Å². The topological polar surface area (TPSA) is 83.2 Å². The normalized spacial score (nSPS) is 14.8. The number of fused-ring (bicyclic) bond motifs is 1. The lowest BCUT2D eigenvalue weighted by Gasteiger charge is -2.19.